The fourth-order valence-corrected chi connectivity index (χ4v) is 3.86. The first-order valence-electron chi connectivity index (χ1n) is 7.56. The third-order valence-electron chi connectivity index (χ3n) is 5.22. The molecule has 1 aliphatic heterocycles. The maximum atomic E-state index is 12.7. The highest BCUT2D eigenvalue weighted by Crippen LogP contribution is 2.57. The van der Waals surface area contributed by atoms with Crippen LogP contribution in [0.25, 0.3) is 0 Å². The average Bonchev–Trinajstić information content (AvgIpc) is 2.52. The van der Waals surface area contributed by atoms with Gasteiger partial charge in [-0.25, -0.2) is 0 Å². The van der Waals surface area contributed by atoms with Crippen LogP contribution in [0.1, 0.15) is 32.4 Å². The summed E-state index contributed by atoms with van der Waals surface area (Å²) in [6.07, 6.45) is 3.75. The third kappa shape index (κ3) is 2.07. The Balaban J connectivity index is 1.71. The molecule has 2 fully saturated rings. The normalized spacial score (nSPS) is 33.7. The van der Waals surface area contributed by atoms with Crippen LogP contribution in [0, 0.1) is 11.3 Å². The van der Waals surface area contributed by atoms with Gasteiger partial charge >= 0.3 is 0 Å². The van der Waals surface area contributed by atoms with Gasteiger partial charge in [-0.1, -0.05) is 19.9 Å². The van der Waals surface area contributed by atoms with Crippen LogP contribution in [0.15, 0.2) is 24.4 Å². The molecule has 114 valence electrons. The van der Waals surface area contributed by atoms with E-state index in [1.54, 1.807) is 6.20 Å². The highest BCUT2D eigenvalue weighted by Gasteiger charge is 2.70. The van der Waals surface area contributed by atoms with Gasteiger partial charge in [0.2, 0.25) is 5.91 Å². The Kier molecular flexibility index (Phi) is 3.50. The number of fused-ring (bicyclic) bond motifs is 1. The van der Waals surface area contributed by atoms with Crippen molar-refractivity contribution >= 4 is 5.91 Å². The number of carbonyl (C=O) groups excluding carboxylic acids is 1. The smallest absolute Gasteiger partial charge is 0.241 e. The molecule has 1 saturated heterocycles. The maximum Gasteiger partial charge on any atom is 0.241 e. The van der Waals surface area contributed by atoms with Crippen molar-refractivity contribution in [2.24, 2.45) is 17.1 Å². The van der Waals surface area contributed by atoms with Crippen molar-refractivity contribution in [2.45, 2.75) is 44.9 Å². The van der Waals surface area contributed by atoms with Crippen molar-refractivity contribution in [3.05, 3.63) is 30.1 Å². The van der Waals surface area contributed by atoms with Crippen molar-refractivity contribution in [3.8, 4) is 0 Å². The summed E-state index contributed by atoms with van der Waals surface area (Å²) in [5.74, 6) is 0.0230. The number of hydrogen-bond acceptors (Lipinski definition) is 4. The topological polar surface area (TPSA) is 77.2 Å². The first-order chi connectivity index (χ1) is 9.98. The molecule has 0 aromatic carbocycles. The lowest BCUT2D eigenvalue weighted by molar-refractivity contribution is -0.225. The van der Waals surface area contributed by atoms with E-state index in [0.717, 1.165) is 25.1 Å². The third-order valence-corrected chi connectivity index (χ3v) is 5.22. The van der Waals surface area contributed by atoms with Gasteiger partial charge in [0.05, 0.1) is 18.3 Å². The molecule has 1 aromatic heterocycles. The zero-order valence-corrected chi connectivity index (χ0v) is 12.6. The van der Waals surface area contributed by atoms with E-state index in [4.69, 9.17) is 10.5 Å². The van der Waals surface area contributed by atoms with Crippen molar-refractivity contribution in [2.75, 3.05) is 6.61 Å². The summed E-state index contributed by atoms with van der Waals surface area (Å²) in [6, 6.07) is 5.65. The van der Waals surface area contributed by atoms with Crippen LogP contribution in [0.5, 0.6) is 0 Å². The molecule has 0 bridgehead atoms. The molecule has 0 spiro atoms. The summed E-state index contributed by atoms with van der Waals surface area (Å²) < 4.78 is 5.83. The molecule has 3 rings (SSSR count). The highest BCUT2D eigenvalue weighted by molar-refractivity contribution is 5.89. The van der Waals surface area contributed by atoms with Gasteiger partial charge in [0.1, 0.15) is 5.54 Å². The lowest BCUT2D eigenvalue weighted by atomic mass is 9.46. The zero-order chi connectivity index (χ0) is 15.1. The Hall–Kier alpha value is -1.46. The number of carbonyl (C=O) groups is 1. The minimum Gasteiger partial charge on any atom is -0.377 e. The van der Waals surface area contributed by atoms with E-state index in [1.165, 1.54) is 0 Å². The fourth-order valence-electron chi connectivity index (χ4n) is 3.86. The summed E-state index contributed by atoms with van der Waals surface area (Å²) in [7, 11) is 0. The monoisotopic (exact) mass is 289 g/mol. The molecule has 5 heteroatoms. The Morgan fingerprint density at radius 3 is 3.05 bits per heavy atom. The molecule has 3 unspecified atom stereocenters. The van der Waals surface area contributed by atoms with Gasteiger partial charge in [0.15, 0.2) is 0 Å². The van der Waals surface area contributed by atoms with Gasteiger partial charge in [-0.3, -0.25) is 9.78 Å². The predicted octanol–water partition coefficient (Wildman–Crippen LogP) is 1.23. The minimum atomic E-state index is -0.854. The fraction of sp³-hybridized carbons (Fsp3) is 0.625. The minimum absolute atomic E-state index is 0.0927. The molecule has 3 atom stereocenters. The van der Waals surface area contributed by atoms with Crippen molar-refractivity contribution in [3.63, 3.8) is 0 Å². The van der Waals surface area contributed by atoms with Gasteiger partial charge in [0, 0.05) is 24.1 Å². The number of ether oxygens (including phenoxy) is 1. The highest BCUT2D eigenvalue weighted by atomic mass is 16.5. The van der Waals surface area contributed by atoms with Gasteiger partial charge in [-0.15, -0.1) is 0 Å². The quantitative estimate of drug-likeness (QED) is 0.877. The number of hydrogen-bond donors (Lipinski definition) is 2. The van der Waals surface area contributed by atoms with Gasteiger partial charge in [-0.2, -0.15) is 0 Å². The van der Waals surface area contributed by atoms with Crippen molar-refractivity contribution in [1.29, 1.82) is 0 Å². The zero-order valence-electron chi connectivity index (χ0n) is 12.6. The summed E-state index contributed by atoms with van der Waals surface area (Å²) in [6.45, 7) is 5.24. The summed E-state index contributed by atoms with van der Waals surface area (Å²) >= 11 is 0. The molecule has 1 saturated carbocycles. The van der Waals surface area contributed by atoms with Crippen LogP contribution in [-0.2, 0) is 16.1 Å². The summed E-state index contributed by atoms with van der Waals surface area (Å²) in [5.41, 5.74) is 6.17. The van der Waals surface area contributed by atoms with E-state index in [0.29, 0.717) is 6.54 Å². The Bertz CT molecular complexity index is 532. The molecule has 21 heavy (non-hydrogen) atoms. The maximum absolute atomic E-state index is 12.7. The number of rotatable bonds is 3. The Labute approximate surface area is 125 Å². The second kappa shape index (κ2) is 5.07. The summed E-state index contributed by atoms with van der Waals surface area (Å²) in [4.78, 5) is 16.9. The molecule has 1 aromatic rings. The van der Waals surface area contributed by atoms with Crippen LogP contribution in [0.3, 0.4) is 0 Å². The molecule has 1 amide bonds. The standard InChI is InChI=1S/C16H23N3O2/c1-15(2)13-12(7-5-9-21-13)16(15,17)14(20)19-10-11-6-3-4-8-18-11/h3-4,6,8,12-13H,5,7,9-10,17H2,1-2H3,(H,19,20). The lowest BCUT2D eigenvalue weighted by Gasteiger charge is -2.65. The number of aromatic nitrogens is 1. The molecule has 0 radical (unpaired) electrons. The largest absolute Gasteiger partial charge is 0.377 e. The van der Waals surface area contributed by atoms with E-state index in [-0.39, 0.29) is 23.3 Å². The number of pyridine rings is 1. The van der Waals surface area contributed by atoms with E-state index >= 15 is 0 Å². The van der Waals surface area contributed by atoms with Crippen LogP contribution >= 0.6 is 0 Å². The van der Waals surface area contributed by atoms with Crippen molar-refractivity contribution < 1.29 is 9.53 Å². The van der Waals surface area contributed by atoms with E-state index < -0.39 is 5.54 Å². The molecule has 2 aliphatic rings. The molecular weight excluding hydrogens is 266 g/mol. The predicted molar refractivity (Wildman–Crippen MR) is 79.2 cm³/mol. The molecule has 3 N–H and O–H groups in total. The van der Waals surface area contributed by atoms with Crippen LogP contribution in [0.2, 0.25) is 0 Å². The first kappa shape index (κ1) is 14.5. The van der Waals surface area contributed by atoms with Crippen LogP contribution in [-0.4, -0.2) is 29.1 Å². The van der Waals surface area contributed by atoms with E-state index in [9.17, 15) is 4.79 Å². The van der Waals surface area contributed by atoms with Gasteiger partial charge < -0.3 is 15.8 Å². The molecular formula is C16H23N3O2. The number of nitrogens with two attached hydrogens (primary N) is 1. The number of nitrogens with one attached hydrogen (secondary N) is 1. The molecule has 5 nitrogen and oxygen atoms in total. The second-order valence-corrected chi connectivity index (χ2v) is 6.63. The van der Waals surface area contributed by atoms with Gasteiger partial charge in [0.25, 0.3) is 0 Å². The van der Waals surface area contributed by atoms with E-state index in [2.05, 4.69) is 10.3 Å². The average molecular weight is 289 g/mol. The van der Waals surface area contributed by atoms with E-state index in [1.807, 2.05) is 32.0 Å². The SMILES string of the molecule is CC1(C)C2OCCCC2C1(N)C(=O)NCc1ccccn1. The van der Waals surface area contributed by atoms with Crippen molar-refractivity contribution in [1.82, 2.24) is 10.3 Å². The molecule has 2 heterocycles. The number of amides is 1. The number of nitrogens with zero attached hydrogens (tertiary/aromatic N) is 1. The van der Waals surface area contributed by atoms with Gasteiger partial charge in [-0.05, 0) is 25.0 Å². The summed E-state index contributed by atoms with van der Waals surface area (Å²) in [5, 5.41) is 2.95. The first-order valence-corrected chi connectivity index (χ1v) is 7.56. The van der Waals surface area contributed by atoms with Crippen LogP contribution in [0.4, 0.5) is 0 Å². The van der Waals surface area contributed by atoms with Crippen LogP contribution < -0.4 is 11.1 Å². The Morgan fingerprint density at radius 1 is 1.52 bits per heavy atom. The molecule has 1 aliphatic carbocycles. The Morgan fingerprint density at radius 2 is 2.33 bits per heavy atom. The second-order valence-electron chi connectivity index (χ2n) is 6.63. The lowest BCUT2D eigenvalue weighted by Crippen LogP contribution is -2.82.